The van der Waals surface area contributed by atoms with Gasteiger partial charge in [-0.2, -0.15) is 0 Å². The molecule has 0 fully saturated rings. The predicted molar refractivity (Wildman–Crippen MR) is 120 cm³/mol. The lowest BCUT2D eigenvalue weighted by molar-refractivity contribution is -0.142. The van der Waals surface area contributed by atoms with Crippen LogP contribution in [-0.4, -0.2) is 47.1 Å². The number of unbranched alkanes of at least 4 members (excludes halogenated alkanes) is 13. The first-order chi connectivity index (χ1) is 15.0. The molecule has 0 aromatic rings. The summed E-state index contributed by atoms with van der Waals surface area (Å²) in [6.45, 7) is 0.00814. The van der Waals surface area contributed by atoms with E-state index in [0.717, 1.165) is 44.8 Å². The van der Waals surface area contributed by atoms with Crippen LogP contribution >= 0.6 is 0 Å². The smallest absolute Gasteiger partial charge is 0.320 e. The van der Waals surface area contributed by atoms with Crippen molar-refractivity contribution in [3.63, 3.8) is 0 Å². The summed E-state index contributed by atoms with van der Waals surface area (Å²) >= 11 is 0. The van der Waals surface area contributed by atoms with E-state index in [1.807, 2.05) is 0 Å². The average Bonchev–Trinajstić information content (AvgIpc) is 2.74. The van der Waals surface area contributed by atoms with Gasteiger partial charge in [0.2, 0.25) is 0 Å². The minimum Gasteiger partial charge on any atom is -0.480 e. The molecule has 2 atom stereocenters. The molecule has 0 bridgehead atoms. The van der Waals surface area contributed by atoms with Gasteiger partial charge in [0.1, 0.15) is 18.4 Å². The average molecular weight is 441 g/mol. The fourth-order valence-corrected chi connectivity index (χ4v) is 3.55. The van der Waals surface area contributed by atoms with E-state index in [4.69, 9.17) is 5.53 Å². The molecule has 0 aliphatic heterocycles. The quantitative estimate of drug-likeness (QED) is 0.0650. The van der Waals surface area contributed by atoms with E-state index in [1.165, 1.54) is 44.9 Å². The minimum absolute atomic E-state index is 0.00814. The Kier molecular flexibility index (Phi) is 19.7. The van der Waals surface area contributed by atoms with Gasteiger partial charge in [-0.05, 0) is 24.8 Å². The molecule has 0 radical (unpaired) electrons. The maximum Gasteiger partial charge on any atom is 0.320 e. The van der Waals surface area contributed by atoms with E-state index >= 15 is 0 Å². The topological polar surface area (TPSA) is 152 Å². The third-order valence-corrected chi connectivity index (χ3v) is 5.39. The molecule has 0 amide bonds. The largest absolute Gasteiger partial charge is 0.480 e. The maximum absolute atomic E-state index is 11.4. The molecule has 31 heavy (non-hydrogen) atoms. The van der Waals surface area contributed by atoms with Gasteiger partial charge in [-0.1, -0.05) is 82.2 Å². The van der Waals surface area contributed by atoms with Gasteiger partial charge in [-0.25, -0.2) is 0 Å². The van der Waals surface area contributed by atoms with Gasteiger partial charge in [0.15, 0.2) is 0 Å². The highest BCUT2D eigenvalue weighted by atomic mass is 16.4. The van der Waals surface area contributed by atoms with Crippen LogP contribution in [0, 0.1) is 0 Å². The van der Waals surface area contributed by atoms with Gasteiger partial charge in [0.25, 0.3) is 0 Å². The summed E-state index contributed by atoms with van der Waals surface area (Å²) in [6, 6.07) is -1.95. The molecule has 0 aliphatic rings. The number of aldehydes is 1. The van der Waals surface area contributed by atoms with Crippen molar-refractivity contribution >= 4 is 18.2 Å². The van der Waals surface area contributed by atoms with Gasteiger partial charge in [0.05, 0.1) is 0 Å². The Labute approximate surface area is 185 Å². The fourth-order valence-electron chi connectivity index (χ4n) is 3.55. The molecule has 0 saturated heterocycles. The lowest BCUT2D eigenvalue weighted by atomic mass is 10.0. The highest BCUT2D eigenvalue weighted by Crippen LogP contribution is 2.14. The van der Waals surface area contributed by atoms with Gasteiger partial charge in [0, 0.05) is 17.9 Å². The first kappa shape index (κ1) is 28.9. The summed E-state index contributed by atoms with van der Waals surface area (Å²) in [5.41, 5.74) is 8.28. The summed E-state index contributed by atoms with van der Waals surface area (Å²) in [6.07, 6.45) is 16.9. The molecule has 9 nitrogen and oxygen atoms in total. The van der Waals surface area contributed by atoms with Crippen LogP contribution in [0.3, 0.4) is 0 Å². The van der Waals surface area contributed by atoms with Crippen LogP contribution in [0.5, 0.6) is 0 Å². The molecule has 0 heterocycles. The number of aliphatic carboxylic acids is 2. The molecule has 0 aliphatic carbocycles. The zero-order valence-electron chi connectivity index (χ0n) is 18.7. The number of hydrogen-bond donors (Lipinski definition) is 3. The van der Waals surface area contributed by atoms with Crippen molar-refractivity contribution in [2.45, 2.75) is 115 Å². The standard InChI is InChI=1S/C22H40N4O5/c23-26-24-17-16-20(22(30)31)25-19(21(28)29)15-13-11-9-7-5-3-1-2-4-6-8-10-12-14-18-27/h18-20,25H,1-17H2,(H,28,29)(H,30,31). The number of rotatable bonds is 23. The van der Waals surface area contributed by atoms with E-state index in [9.17, 15) is 24.6 Å². The van der Waals surface area contributed by atoms with Crippen LogP contribution in [0.25, 0.3) is 10.4 Å². The van der Waals surface area contributed by atoms with Crippen molar-refractivity contribution in [3.05, 3.63) is 10.4 Å². The Hall–Kier alpha value is -2.12. The van der Waals surface area contributed by atoms with Gasteiger partial charge in [-0.15, -0.1) is 0 Å². The van der Waals surface area contributed by atoms with Crippen LogP contribution in [0.4, 0.5) is 0 Å². The monoisotopic (exact) mass is 440 g/mol. The first-order valence-electron chi connectivity index (χ1n) is 11.7. The third-order valence-electron chi connectivity index (χ3n) is 5.39. The second-order valence-corrected chi connectivity index (χ2v) is 8.03. The van der Waals surface area contributed by atoms with Gasteiger partial charge in [-0.3, -0.25) is 14.9 Å². The van der Waals surface area contributed by atoms with Crippen molar-refractivity contribution in [2.75, 3.05) is 6.54 Å². The Morgan fingerprint density at radius 2 is 1.19 bits per heavy atom. The van der Waals surface area contributed by atoms with Gasteiger partial charge >= 0.3 is 11.9 Å². The van der Waals surface area contributed by atoms with Crippen molar-refractivity contribution in [2.24, 2.45) is 5.11 Å². The molecule has 9 heteroatoms. The summed E-state index contributed by atoms with van der Waals surface area (Å²) in [5.74, 6) is -2.20. The Morgan fingerprint density at radius 1 is 0.774 bits per heavy atom. The van der Waals surface area contributed by atoms with Crippen LogP contribution in [0.2, 0.25) is 0 Å². The number of carbonyl (C=O) groups is 3. The van der Waals surface area contributed by atoms with Gasteiger partial charge < -0.3 is 15.0 Å². The number of nitrogens with zero attached hydrogens (tertiary/aromatic N) is 3. The van der Waals surface area contributed by atoms with Crippen LogP contribution < -0.4 is 5.32 Å². The normalized spacial score (nSPS) is 12.6. The SMILES string of the molecule is [N-]=[N+]=NCCC(NC(CCCCCCCCCCCCCCCC=O)C(=O)O)C(=O)O. The summed E-state index contributed by atoms with van der Waals surface area (Å²) in [7, 11) is 0. The number of carboxylic acids is 2. The van der Waals surface area contributed by atoms with E-state index < -0.39 is 24.0 Å². The van der Waals surface area contributed by atoms with E-state index in [0.29, 0.717) is 12.8 Å². The Morgan fingerprint density at radius 3 is 1.61 bits per heavy atom. The number of carbonyl (C=O) groups excluding carboxylic acids is 1. The van der Waals surface area contributed by atoms with Crippen LogP contribution in [0.1, 0.15) is 103 Å². The Bertz CT molecular complexity index is 538. The Balaban J connectivity index is 3.74. The summed E-state index contributed by atoms with van der Waals surface area (Å²) in [4.78, 5) is 35.5. The molecule has 0 saturated carbocycles. The van der Waals surface area contributed by atoms with Crippen LogP contribution in [-0.2, 0) is 14.4 Å². The molecule has 3 N–H and O–H groups in total. The highest BCUT2D eigenvalue weighted by Gasteiger charge is 2.25. The molecule has 178 valence electrons. The zero-order valence-corrected chi connectivity index (χ0v) is 18.7. The van der Waals surface area contributed by atoms with Crippen LogP contribution in [0.15, 0.2) is 5.11 Å². The number of azide groups is 1. The molecular weight excluding hydrogens is 400 g/mol. The first-order valence-corrected chi connectivity index (χ1v) is 11.7. The fraction of sp³-hybridized carbons (Fsp3) is 0.864. The van der Waals surface area contributed by atoms with E-state index in [-0.39, 0.29) is 13.0 Å². The number of hydrogen-bond acceptors (Lipinski definition) is 5. The van der Waals surface area contributed by atoms with E-state index in [1.54, 1.807) is 0 Å². The third kappa shape index (κ3) is 18.4. The number of nitrogens with one attached hydrogen (secondary N) is 1. The molecule has 0 spiro atoms. The lowest BCUT2D eigenvalue weighted by Crippen LogP contribution is -2.47. The molecule has 0 aromatic carbocycles. The molecule has 0 aromatic heterocycles. The lowest BCUT2D eigenvalue weighted by Gasteiger charge is -2.19. The van der Waals surface area contributed by atoms with Crippen molar-refractivity contribution in [1.82, 2.24) is 5.32 Å². The molecule has 0 rings (SSSR count). The summed E-state index contributed by atoms with van der Waals surface area (Å²) < 4.78 is 0. The molecule has 2 unspecified atom stereocenters. The van der Waals surface area contributed by atoms with Crippen molar-refractivity contribution in [1.29, 1.82) is 0 Å². The molecular formula is C22H40N4O5. The van der Waals surface area contributed by atoms with Crippen molar-refractivity contribution < 1.29 is 24.6 Å². The number of carboxylic acid groups (broad SMARTS) is 2. The zero-order chi connectivity index (χ0) is 23.2. The second-order valence-electron chi connectivity index (χ2n) is 8.03. The van der Waals surface area contributed by atoms with E-state index in [2.05, 4.69) is 15.3 Å². The van der Waals surface area contributed by atoms with Crippen molar-refractivity contribution in [3.8, 4) is 0 Å². The summed E-state index contributed by atoms with van der Waals surface area (Å²) in [5, 5.41) is 24.5. The minimum atomic E-state index is -1.14. The highest BCUT2D eigenvalue weighted by molar-refractivity contribution is 5.77. The maximum atomic E-state index is 11.4. The predicted octanol–water partition coefficient (Wildman–Crippen LogP) is 5.23. The second kappa shape index (κ2) is 21.1.